The van der Waals surface area contributed by atoms with Crippen LogP contribution >= 0.6 is 11.8 Å². The zero-order valence-corrected chi connectivity index (χ0v) is 12.2. The molecule has 19 heavy (non-hydrogen) atoms. The minimum absolute atomic E-state index is 0.0493. The minimum atomic E-state index is -0.0493. The molecular weight excluding hydrogens is 256 g/mol. The van der Waals surface area contributed by atoms with Crippen molar-refractivity contribution in [3.05, 3.63) is 29.8 Å². The molecule has 0 aromatic heterocycles. The fourth-order valence-electron chi connectivity index (χ4n) is 2.49. The first-order valence-corrected chi connectivity index (χ1v) is 7.97. The molecule has 3 N–H and O–H groups in total. The first kappa shape index (κ1) is 14.4. The van der Waals surface area contributed by atoms with Crippen molar-refractivity contribution in [3.8, 4) is 0 Å². The summed E-state index contributed by atoms with van der Waals surface area (Å²) in [6.45, 7) is 2.52. The van der Waals surface area contributed by atoms with Gasteiger partial charge < -0.3 is 11.1 Å². The fourth-order valence-corrected chi connectivity index (χ4v) is 3.61. The van der Waals surface area contributed by atoms with Crippen LogP contribution in [0.1, 0.15) is 37.8 Å². The molecule has 0 bridgehead atoms. The Labute approximate surface area is 119 Å². The molecule has 2 atom stereocenters. The van der Waals surface area contributed by atoms with Crippen LogP contribution in [0.2, 0.25) is 0 Å². The van der Waals surface area contributed by atoms with Gasteiger partial charge in [0.2, 0.25) is 5.91 Å². The van der Waals surface area contributed by atoms with Crippen LogP contribution in [-0.2, 0) is 4.79 Å². The Kier molecular flexibility index (Phi) is 5.28. The van der Waals surface area contributed by atoms with E-state index in [4.69, 9.17) is 5.73 Å². The molecule has 2 rings (SSSR count). The van der Waals surface area contributed by atoms with Crippen molar-refractivity contribution < 1.29 is 4.79 Å². The Hall–Kier alpha value is -1.00. The molecule has 4 heteroatoms. The normalized spacial score (nSPS) is 19.6. The Balaban J connectivity index is 2.06. The summed E-state index contributed by atoms with van der Waals surface area (Å²) in [6.07, 6.45) is 2.86. The molecule has 1 heterocycles. The SMILES string of the molecule is CCCC(CN)C(=O)NC1CCSc2ccccc21. The highest BCUT2D eigenvalue weighted by atomic mass is 32.2. The van der Waals surface area contributed by atoms with Crippen molar-refractivity contribution in [3.63, 3.8) is 0 Å². The summed E-state index contributed by atoms with van der Waals surface area (Å²) in [6, 6.07) is 8.48. The zero-order valence-electron chi connectivity index (χ0n) is 11.4. The number of hydrogen-bond acceptors (Lipinski definition) is 3. The monoisotopic (exact) mass is 278 g/mol. The number of nitrogens with one attached hydrogen (secondary N) is 1. The molecule has 1 aromatic carbocycles. The van der Waals surface area contributed by atoms with Crippen LogP contribution in [0.25, 0.3) is 0 Å². The van der Waals surface area contributed by atoms with Gasteiger partial charge in [0.15, 0.2) is 0 Å². The van der Waals surface area contributed by atoms with E-state index in [1.54, 1.807) is 0 Å². The standard InChI is InChI=1S/C15H22N2OS/c1-2-5-11(10-16)15(18)17-13-8-9-19-14-7-4-3-6-12(13)14/h3-4,6-7,11,13H,2,5,8-10,16H2,1H3,(H,17,18). The second kappa shape index (κ2) is 6.96. The Morgan fingerprint density at radius 2 is 2.32 bits per heavy atom. The second-order valence-electron chi connectivity index (χ2n) is 4.96. The van der Waals surface area contributed by atoms with E-state index in [9.17, 15) is 4.79 Å². The summed E-state index contributed by atoms with van der Waals surface area (Å²) < 4.78 is 0. The zero-order chi connectivity index (χ0) is 13.7. The van der Waals surface area contributed by atoms with E-state index in [1.807, 2.05) is 17.8 Å². The lowest BCUT2D eigenvalue weighted by atomic mass is 9.99. The Morgan fingerprint density at radius 3 is 3.05 bits per heavy atom. The van der Waals surface area contributed by atoms with Gasteiger partial charge in [0.05, 0.1) is 12.0 Å². The maximum absolute atomic E-state index is 12.2. The molecule has 0 saturated heterocycles. The number of amides is 1. The van der Waals surface area contributed by atoms with E-state index < -0.39 is 0 Å². The number of benzene rings is 1. The van der Waals surface area contributed by atoms with Gasteiger partial charge in [-0.1, -0.05) is 31.5 Å². The number of nitrogens with two attached hydrogens (primary N) is 1. The molecule has 0 aliphatic carbocycles. The number of thioether (sulfide) groups is 1. The van der Waals surface area contributed by atoms with Crippen LogP contribution in [-0.4, -0.2) is 18.2 Å². The third kappa shape index (κ3) is 3.51. The van der Waals surface area contributed by atoms with E-state index in [0.717, 1.165) is 25.0 Å². The van der Waals surface area contributed by atoms with Gasteiger partial charge in [0, 0.05) is 17.2 Å². The molecule has 1 amide bonds. The fraction of sp³-hybridized carbons (Fsp3) is 0.533. The van der Waals surface area contributed by atoms with Crippen molar-refractivity contribution in [2.24, 2.45) is 11.7 Å². The first-order valence-electron chi connectivity index (χ1n) is 6.98. The molecule has 3 nitrogen and oxygen atoms in total. The van der Waals surface area contributed by atoms with E-state index in [0.29, 0.717) is 6.54 Å². The van der Waals surface area contributed by atoms with Gasteiger partial charge in [-0.2, -0.15) is 0 Å². The predicted octanol–water partition coefficient (Wildman–Crippen LogP) is 2.71. The summed E-state index contributed by atoms with van der Waals surface area (Å²) in [4.78, 5) is 13.5. The number of fused-ring (bicyclic) bond motifs is 1. The lowest BCUT2D eigenvalue weighted by Gasteiger charge is -2.27. The maximum Gasteiger partial charge on any atom is 0.224 e. The van der Waals surface area contributed by atoms with Gasteiger partial charge in [0.1, 0.15) is 0 Å². The van der Waals surface area contributed by atoms with Gasteiger partial charge in [0.25, 0.3) is 0 Å². The molecule has 1 aliphatic heterocycles. The molecule has 1 aliphatic rings. The Morgan fingerprint density at radius 1 is 1.53 bits per heavy atom. The first-order chi connectivity index (χ1) is 9.26. The van der Waals surface area contributed by atoms with Crippen LogP contribution in [0.5, 0.6) is 0 Å². The number of rotatable bonds is 5. The number of carbonyl (C=O) groups is 1. The average molecular weight is 278 g/mol. The number of carbonyl (C=O) groups excluding carboxylic acids is 1. The molecule has 2 unspecified atom stereocenters. The molecule has 1 aromatic rings. The highest BCUT2D eigenvalue weighted by molar-refractivity contribution is 7.99. The summed E-state index contributed by atoms with van der Waals surface area (Å²) in [5, 5.41) is 3.18. The third-order valence-corrected chi connectivity index (χ3v) is 4.69. The summed E-state index contributed by atoms with van der Waals surface area (Å²) >= 11 is 1.87. The quantitative estimate of drug-likeness (QED) is 0.870. The van der Waals surface area contributed by atoms with Gasteiger partial charge in [-0.3, -0.25) is 4.79 Å². The molecular formula is C15H22N2OS. The number of hydrogen-bond donors (Lipinski definition) is 2. The van der Waals surface area contributed by atoms with Crippen molar-refractivity contribution in [1.29, 1.82) is 0 Å². The van der Waals surface area contributed by atoms with Gasteiger partial charge in [-0.25, -0.2) is 0 Å². The largest absolute Gasteiger partial charge is 0.349 e. The van der Waals surface area contributed by atoms with E-state index in [-0.39, 0.29) is 17.9 Å². The summed E-state index contributed by atoms with van der Waals surface area (Å²) in [7, 11) is 0. The van der Waals surface area contributed by atoms with Crippen molar-refractivity contribution >= 4 is 17.7 Å². The van der Waals surface area contributed by atoms with Gasteiger partial charge in [-0.15, -0.1) is 11.8 Å². The lowest BCUT2D eigenvalue weighted by Crippen LogP contribution is -2.38. The predicted molar refractivity (Wildman–Crippen MR) is 80.1 cm³/mol. The average Bonchev–Trinajstić information content (AvgIpc) is 2.45. The minimum Gasteiger partial charge on any atom is -0.349 e. The lowest BCUT2D eigenvalue weighted by molar-refractivity contribution is -0.125. The molecule has 0 fully saturated rings. The highest BCUT2D eigenvalue weighted by Gasteiger charge is 2.24. The summed E-state index contributed by atoms with van der Waals surface area (Å²) in [5.74, 6) is 1.12. The van der Waals surface area contributed by atoms with Crippen LogP contribution in [0.3, 0.4) is 0 Å². The topological polar surface area (TPSA) is 55.1 Å². The van der Waals surface area contributed by atoms with Crippen LogP contribution < -0.4 is 11.1 Å². The van der Waals surface area contributed by atoms with Crippen molar-refractivity contribution in [1.82, 2.24) is 5.32 Å². The Bertz CT molecular complexity index is 436. The second-order valence-corrected chi connectivity index (χ2v) is 6.09. The molecule has 0 radical (unpaired) electrons. The smallest absolute Gasteiger partial charge is 0.224 e. The van der Waals surface area contributed by atoms with E-state index in [2.05, 4.69) is 30.4 Å². The highest BCUT2D eigenvalue weighted by Crippen LogP contribution is 2.35. The molecule has 0 spiro atoms. The van der Waals surface area contributed by atoms with Crippen molar-refractivity contribution in [2.45, 2.75) is 37.1 Å². The van der Waals surface area contributed by atoms with E-state index >= 15 is 0 Å². The van der Waals surface area contributed by atoms with Crippen molar-refractivity contribution in [2.75, 3.05) is 12.3 Å². The third-order valence-electron chi connectivity index (χ3n) is 3.57. The van der Waals surface area contributed by atoms with Crippen LogP contribution in [0.4, 0.5) is 0 Å². The van der Waals surface area contributed by atoms with Gasteiger partial charge >= 0.3 is 0 Å². The van der Waals surface area contributed by atoms with Gasteiger partial charge in [-0.05, 0) is 24.5 Å². The summed E-state index contributed by atoms with van der Waals surface area (Å²) in [5.41, 5.74) is 6.94. The van der Waals surface area contributed by atoms with Crippen LogP contribution in [0, 0.1) is 5.92 Å². The van der Waals surface area contributed by atoms with E-state index in [1.165, 1.54) is 10.5 Å². The molecule has 104 valence electrons. The van der Waals surface area contributed by atoms with Crippen LogP contribution in [0.15, 0.2) is 29.2 Å². The molecule has 0 saturated carbocycles. The maximum atomic E-state index is 12.2.